The van der Waals surface area contributed by atoms with Gasteiger partial charge >= 0.3 is 5.97 Å². The van der Waals surface area contributed by atoms with Crippen molar-refractivity contribution in [3.8, 4) is 0 Å². The van der Waals surface area contributed by atoms with Crippen molar-refractivity contribution in [1.29, 1.82) is 0 Å². The number of hydrogen-bond donors (Lipinski definition) is 0. The van der Waals surface area contributed by atoms with Gasteiger partial charge in [-0.25, -0.2) is 4.79 Å². The van der Waals surface area contributed by atoms with Crippen LogP contribution in [0.2, 0.25) is 5.02 Å². The number of carbonyl (C=O) groups excluding carboxylic acids is 1. The van der Waals surface area contributed by atoms with Crippen LogP contribution in [0.3, 0.4) is 0 Å². The van der Waals surface area contributed by atoms with Crippen LogP contribution in [0.15, 0.2) is 48.5 Å². The van der Waals surface area contributed by atoms with E-state index in [0.29, 0.717) is 12.4 Å². The van der Waals surface area contributed by atoms with Gasteiger partial charge < -0.3 is 19.1 Å². The molecule has 1 aliphatic heterocycles. The van der Waals surface area contributed by atoms with Crippen LogP contribution in [0.4, 0.5) is 5.69 Å². The van der Waals surface area contributed by atoms with Crippen LogP contribution in [0.5, 0.6) is 0 Å². The molecule has 7 heteroatoms. The van der Waals surface area contributed by atoms with Crippen molar-refractivity contribution >= 4 is 23.3 Å². The van der Waals surface area contributed by atoms with Crippen LogP contribution >= 0.6 is 11.6 Å². The van der Waals surface area contributed by atoms with E-state index in [0.717, 1.165) is 42.3 Å². The van der Waals surface area contributed by atoms with E-state index in [4.69, 9.17) is 25.8 Å². The van der Waals surface area contributed by atoms with Crippen molar-refractivity contribution in [2.45, 2.75) is 18.6 Å². The Bertz CT molecular complexity index is 830. The molecule has 6 nitrogen and oxygen atoms in total. The summed E-state index contributed by atoms with van der Waals surface area (Å²) >= 11 is 6.29. The van der Waals surface area contributed by atoms with Gasteiger partial charge in [0.1, 0.15) is 6.79 Å². The number of nitrogens with zero attached hydrogens (tertiary/aromatic N) is 2. The number of ether oxygens (including phenoxy) is 3. The minimum atomic E-state index is -0.338. The minimum Gasteiger partial charge on any atom is -0.465 e. The Labute approximate surface area is 183 Å². The van der Waals surface area contributed by atoms with Gasteiger partial charge in [0.25, 0.3) is 0 Å². The Morgan fingerprint density at radius 1 is 1.23 bits per heavy atom. The van der Waals surface area contributed by atoms with Crippen molar-refractivity contribution in [1.82, 2.24) is 4.90 Å². The summed E-state index contributed by atoms with van der Waals surface area (Å²) in [6, 6.07) is 15.5. The maximum Gasteiger partial charge on any atom is 0.337 e. The molecule has 0 bridgehead atoms. The summed E-state index contributed by atoms with van der Waals surface area (Å²) in [5.74, 6) is -0.338. The first-order chi connectivity index (χ1) is 14.5. The Balaban J connectivity index is 1.78. The van der Waals surface area contributed by atoms with E-state index in [1.54, 1.807) is 19.2 Å². The number of hydrogen-bond acceptors (Lipinski definition) is 6. The fraction of sp³-hybridized carbons (Fsp3) is 0.435. The van der Waals surface area contributed by atoms with Crippen LogP contribution in [-0.4, -0.2) is 64.7 Å². The summed E-state index contributed by atoms with van der Waals surface area (Å²) < 4.78 is 15.6. The third-order valence-electron chi connectivity index (χ3n) is 5.48. The van der Waals surface area contributed by atoms with Gasteiger partial charge in [-0.05, 0) is 48.4 Å². The molecular weight excluding hydrogens is 404 g/mol. The first-order valence-corrected chi connectivity index (χ1v) is 10.4. The van der Waals surface area contributed by atoms with Gasteiger partial charge in [0, 0.05) is 44.5 Å². The second-order valence-electron chi connectivity index (χ2n) is 7.46. The van der Waals surface area contributed by atoms with E-state index in [2.05, 4.69) is 22.9 Å². The lowest BCUT2D eigenvalue weighted by atomic mass is 10.0. The zero-order valence-corrected chi connectivity index (χ0v) is 18.5. The zero-order valence-electron chi connectivity index (χ0n) is 17.7. The SMILES string of the molecule is COCOC1CCN(CC(c2cccc(Cl)c2)N(C)c2ccc(C(=O)OC)cc2)C1. The molecule has 0 spiro atoms. The van der Waals surface area contributed by atoms with Crippen LogP contribution in [0.25, 0.3) is 0 Å². The molecule has 0 radical (unpaired) electrons. The van der Waals surface area contributed by atoms with Crippen LogP contribution in [-0.2, 0) is 14.2 Å². The molecular formula is C23H29ClN2O4. The summed E-state index contributed by atoms with van der Waals surface area (Å²) in [5.41, 5.74) is 2.69. The van der Waals surface area contributed by atoms with E-state index in [-0.39, 0.29) is 18.1 Å². The van der Waals surface area contributed by atoms with E-state index in [1.807, 2.05) is 30.3 Å². The van der Waals surface area contributed by atoms with E-state index >= 15 is 0 Å². The summed E-state index contributed by atoms with van der Waals surface area (Å²) in [6.07, 6.45) is 1.18. The predicted octanol–water partition coefficient (Wildman–Crippen LogP) is 4.00. The monoisotopic (exact) mass is 432 g/mol. The number of esters is 1. The van der Waals surface area contributed by atoms with E-state index in [1.165, 1.54) is 7.11 Å². The van der Waals surface area contributed by atoms with Gasteiger partial charge in [0.15, 0.2) is 0 Å². The number of likely N-dealkylation sites (N-methyl/N-ethyl adjacent to an activating group) is 1. The molecule has 2 unspecified atom stereocenters. The topological polar surface area (TPSA) is 51.2 Å². The molecule has 2 atom stereocenters. The lowest BCUT2D eigenvalue weighted by molar-refractivity contribution is -0.0671. The third kappa shape index (κ3) is 5.73. The predicted molar refractivity (Wildman–Crippen MR) is 118 cm³/mol. The standard InChI is InChI=1S/C23H29ClN2O4/c1-25(20-9-7-17(8-10-20)23(27)29-3)22(18-5-4-6-19(24)13-18)15-26-12-11-21(14-26)30-16-28-2/h4-10,13,21-22H,11-12,14-16H2,1-3H3. The second-order valence-corrected chi connectivity index (χ2v) is 7.90. The van der Waals surface area contributed by atoms with E-state index < -0.39 is 0 Å². The fourth-order valence-electron chi connectivity index (χ4n) is 3.80. The van der Waals surface area contributed by atoms with Gasteiger partial charge in [-0.2, -0.15) is 0 Å². The summed E-state index contributed by atoms with van der Waals surface area (Å²) in [7, 11) is 5.09. The normalized spacial score (nSPS) is 17.7. The van der Waals surface area contributed by atoms with Crippen molar-refractivity contribution in [3.05, 3.63) is 64.7 Å². The van der Waals surface area contributed by atoms with Gasteiger partial charge in [0.2, 0.25) is 0 Å². The number of halogens is 1. The Kier molecular flexibility index (Phi) is 8.10. The molecule has 1 aliphatic rings. The highest BCUT2D eigenvalue weighted by molar-refractivity contribution is 6.30. The minimum absolute atomic E-state index is 0.0915. The number of rotatable bonds is 9. The number of anilines is 1. The average Bonchev–Trinajstić information content (AvgIpc) is 3.22. The Hall–Kier alpha value is -2.12. The highest BCUT2D eigenvalue weighted by atomic mass is 35.5. The van der Waals surface area contributed by atoms with Crippen molar-refractivity contribution < 1.29 is 19.0 Å². The molecule has 1 saturated heterocycles. The number of methoxy groups -OCH3 is 2. The number of likely N-dealkylation sites (tertiary alicyclic amines) is 1. The molecule has 162 valence electrons. The summed E-state index contributed by atoms with van der Waals surface area (Å²) in [6.45, 7) is 3.00. The molecule has 0 saturated carbocycles. The van der Waals surface area contributed by atoms with Crippen LogP contribution < -0.4 is 4.90 Å². The van der Waals surface area contributed by atoms with Crippen molar-refractivity contribution in [3.63, 3.8) is 0 Å². The molecule has 2 aromatic carbocycles. The van der Waals surface area contributed by atoms with Crippen LogP contribution in [0.1, 0.15) is 28.4 Å². The molecule has 3 rings (SSSR count). The van der Waals surface area contributed by atoms with Gasteiger partial charge in [-0.15, -0.1) is 0 Å². The maximum atomic E-state index is 11.7. The Morgan fingerprint density at radius 2 is 2.00 bits per heavy atom. The lowest BCUT2D eigenvalue weighted by Crippen LogP contribution is -2.36. The van der Waals surface area contributed by atoms with Crippen molar-refractivity contribution in [2.24, 2.45) is 0 Å². The molecule has 2 aromatic rings. The maximum absolute atomic E-state index is 11.7. The molecule has 0 N–H and O–H groups in total. The molecule has 0 amide bonds. The largest absolute Gasteiger partial charge is 0.465 e. The van der Waals surface area contributed by atoms with Gasteiger partial charge in [0.05, 0.1) is 24.8 Å². The highest BCUT2D eigenvalue weighted by Crippen LogP contribution is 2.30. The highest BCUT2D eigenvalue weighted by Gasteiger charge is 2.28. The lowest BCUT2D eigenvalue weighted by Gasteiger charge is -2.34. The molecule has 0 aliphatic carbocycles. The fourth-order valence-corrected chi connectivity index (χ4v) is 4.00. The first kappa shape index (κ1) is 22.6. The smallest absolute Gasteiger partial charge is 0.337 e. The Morgan fingerprint density at radius 3 is 2.67 bits per heavy atom. The van der Waals surface area contributed by atoms with Gasteiger partial charge in [-0.3, -0.25) is 4.90 Å². The average molecular weight is 433 g/mol. The first-order valence-electron chi connectivity index (χ1n) is 10.0. The number of carbonyl (C=O) groups is 1. The van der Waals surface area contributed by atoms with Crippen molar-refractivity contribution in [2.75, 3.05) is 52.6 Å². The number of benzene rings is 2. The van der Waals surface area contributed by atoms with Crippen LogP contribution in [0, 0.1) is 0 Å². The second kappa shape index (κ2) is 10.8. The van der Waals surface area contributed by atoms with E-state index in [9.17, 15) is 4.79 Å². The quantitative estimate of drug-likeness (QED) is 0.441. The molecule has 0 aromatic heterocycles. The van der Waals surface area contributed by atoms with Gasteiger partial charge in [-0.1, -0.05) is 23.7 Å². The zero-order chi connectivity index (χ0) is 21.5. The molecule has 1 fully saturated rings. The molecule has 1 heterocycles. The summed E-state index contributed by atoms with van der Waals surface area (Å²) in [4.78, 5) is 16.4. The third-order valence-corrected chi connectivity index (χ3v) is 5.71. The molecule has 30 heavy (non-hydrogen) atoms. The summed E-state index contributed by atoms with van der Waals surface area (Å²) in [5, 5.41) is 0.717.